The molecule has 1 N–H and O–H groups in total. The van der Waals surface area contributed by atoms with Crippen molar-refractivity contribution < 1.29 is 14.0 Å². The van der Waals surface area contributed by atoms with Gasteiger partial charge in [-0.1, -0.05) is 30.3 Å². The normalized spacial score (nSPS) is 13.0. The fourth-order valence-electron chi connectivity index (χ4n) is 4.04. The molecule has 0 unspecified atom stereocenters. The summed E-state index contributed by atoms with van der Waals surface area (Å²) in [6.45, 7) is 3.03. The molecule has 2 aromatic heterocycles. The van der Waals surface area contributed by atoms with Gasteiger partial charge < -0.3 is 19.2 Å². The molecule has 3 aromatic rings. The minimum absolute atomic E-state index is 0.175. The molecule has 0 spiro atoms. The van der Waals surface area contributed by atoms with E-state index >= 15 is 0 Å². The number of hydrogen-bond donors (Lipinski definition) is 1. The van der Waals surface area contributed by atoms with E-state index in [1.54, 1.807) is 21.7 Å². The van der Waals surface area contributed by atoms with Gasteiger partial charge in [0.1, 0.15) is 5.56 Å². The van der Waals surface area contributed by atoms with Gasteiger partial charge in [-0.15, -0.1) is 0 Å². The molecular formula is C24H25N3O4. The van der Waals surface area contributed by atoms with E-state index in [1.165, 1.54) is 13.3 Å². The van der Waals surface area contributed by atoms with Crippen LogP contribution in [0.1, 0.15) is 43.2 Å². The van der Waals surface area contributed by atoms with Gasteiger partial charge in [0.15, 0.2) is 5.76 Å². The van der Waals surface area contributed by atoms with Gasteiger partial charge in [0.25, 0.3) is 17.4 Å². The Labute approximate surface area is 180 Å². The first-order valence-electron chi connectivity index (χ1n) is 10.3. The highest BCUT2D eigenvalue weighted by atomic mass is 16.3. The number of benzene rings is 1. The molecule has 0 saturated carbocycles. The van der Waals surface area contributed by atoms with Crippen LogP contribution in [0.4, 0.5) is 0 Å². The van der Waals surface area contributed by atoms with Crippen LogP contribution in [0.3, 0.4) is 0 Å². The average molecular weight is 419 g/mol. The Morgan fingerprint density at radius 3 is 2.61 bits per heavy atom. The zero-order valence-electron chi connectivity index (χ0n) is 17.7. The summed E-state index contributed by atoms with van der Waals surface area (Å²) in [5.74, 6) is -0.249. The number of carbonyl (C=O) groups excluding carboxylic acids is 2. The summed E-state index contributed by atoms with van der Waals surface area (Å²) in [4.78, 5) is 40.3. The molecule has 7 nitrogen and oxygen atoms in total. The van der Waals surface area contributed by atoms with Gasteiger partial charge >= 0.3 is 0 Å². The lowest BCUT2D eigenvalue weighted by atomic mass is 9.95. The van der Waals surface area contributed by atoms with E-state index in [-0.39, 0.29) is 17.0 Å². The monoisotopic (exact) mass is 419 g/mol. The number of hydrogen-bond acceptors (Lipinski definition) is 4. The van der Waals surface area contributed by atoms with Gasteiger partial charge in [-0.05, 0) is 42.5 Å². The van der Waals surface area contributed by atoms with Crippen molar-refractivity contribution >= 4 is 11.8 Å². The second-order valence-corrected chi connectivity index (χ2v) is 7.73. The molecule has 0 atom stereocenters. The summed E-state index contributed by atoms with van der Waals surface area (Å²) >= 11 is 0. The van der Waals surface area contributed by atoms with Crippen LogP contribution in [0.15, 0.2) is 58.1 Å². The predicted molar refractivity (Wildman–Crippen MR) is 116 cm³/mol. The highest BCUT2D eigenvalue weighted by Crippen LogP contribution is 2.23. The number of fused-ring (bicyclic) bond motifs is 1. The molecule has 1 aliphatic rings. The molecule has 2 amide bonds. The standard InChI is InChI=1S/C24H25N3O4/c1-16-10-13-31-21(16)24(30)27-12-9-19-18(15-27)14-26(23(29)20(19)22(28)25-2)11-8-17-6-4-3-5-7-17/h3-7,10,13-14H,8-9,11-12,15H2,1-2H3,(H,25,28). The average Bonchev–Trinajstić information content (AvgIpc) is 3.23. The Balaban J connectivity index is 1.68. The highest BCUT2D eigenvalue weighted by Gasteiger charge is 2.29. The van der Waals surface area contributed by atoms with E-state index in [1.807, 2.05) is 37.3 Å². The van der Waals surface area contributed by atoms with E-state index < -0.39 is 5.91 Å². The number of furan rings is 1. The van der Waals surface area contributed by atoms with Crippen molar-refractivity contribution in [1.82, 2.24) is 14.8 Å². The number of amides is 2. The van der Waals surface area contributed by atoms with Crippen LogP contribution in [0, 0.1) is 6.92 Å². The Kier molecular flexibility index (Phi) is 5.75. The molecule has 0 radical (unpaired) electrons. The lowest BCUT2D eigenvalue weighted by Crippen LogP contribution is -2.41. The summed E-state index contributed by atoms with van der Waals surface area (Å²) in [6.07, 6.45) is 4.41. The lowest BCUT2D eigenvalue weighted by Gasteiger charge is -2.30. The maximum Gasteiger partial charge on any atom is 0.290 e. The van der Waals surface area contributed by atoms with Crippen molar-refractivity contribution in [3.8, 4) is 0 Å². The minimum atomic E-state index is -0.392. The third-order valence-corrected chi connectivity index (χ3v) is 5.75. The maximum absolute atomic E-state index is 13.1. The number of nitrogens with zero attached hydrogens (tertiary/aromatic N) is 2. The van der Waals surface area contributed by atoms with Crippen molar-refractivity contribution in [2.75, 3.05) is 13.6 Å². The van der Waals surface area contributed by atoms with Gasteiger partial charge in [-0.2, -0.15) is 0 Å². The Bertz CT molecular complexity index is 1180. The Morgan fingerprint density at radius 2 is 1.94 bits per heavy atom. The van der Waals surface area contributed by atoms with E-state index in [2.05, 4.69) is 5.32 Å². The summed E-state index contributed by atoms with van der Waals surface area (Å²) < 4.78 is 6.95. The van der Waals surface area contributed by atoms with Crippen LogP contribution < -0.4 is 10.9 Å². The molecule has 3 heterocycles. The van der Waals surface area contributed by atoms with Gasteiger partial charge in [0.2, 0.25) is 0 Å². The first kappa shape index (κ1) is 20.7. The molecule has 1 aliphatic heterocycles. The molecule has 0 fully saturated rings. The fraction of sp³-hybridized carbons (Fsp3) is 0.292. The van der Waals surface area contributed by atoms with Crippen LogP contribution in [0.25, 0.3) is 0 Å². The maximum atomic E-state index is 13.1. The Morgan fingerprint density at radius 1 is 1.16 bits per heavy atom. The fourth-order valence-corrected chi connectivity index (χ4v) is 4.04. The van der Waals surface area contributed by atoms with E-state index in [4.69, 9.17) is 4.42 Å². The molecule has 160 valence electrons. The summed E-state index contributed by atoms with van der Waals surface area (Å²) in [6, 6.07) is 11.6. The molecule has 0 aliphatic carbocycles. The quantitative estimate of drug-likeness (QED) is 0.689. The van der Waals surface area contributed by atoms with Crippen LogP contribution in [-0.2, 0) is 25.9 Å². The molecule has 0 saturated heterocycles. The van der Waals surface area contributed by atoms with Crippen molar-refractivity contribution in [3.63, 3.8) is 0 Å². The molecule has 31 heavy (non-hydrogen) atoms. The third kappa shape index (κ3) is 4.03. The van der Waals surface area contributed by atoms with Gasteiger partial charge in [-0.3, -0.25) is 14.4 Å². The molecule has 0 bridgehead atoms. The van der Waals surface area contributed by atoms with E-state index in [0.29, 0.717) is 38.2 Å². The van der Waals surface area contributed by atoms with Gasteiger partial charge in [-0.25, -0.2) is 0 Å². The number of aryl methyl sites for hydroxylation is 3. The number of carbonyl (C=O) groups is 2. The minimum Gasteiger partial charge on any atom is -0.459 e. The van der Waals surface area contributed by atoms with Crippen LogP contribution in [0.5, 0.6) is 0 Å². The van der Waals surface area contributed by atoms with Gasteiger partial charge in [0.05, 0.1) is 6.26 Å². The molecule has 7 heteroatoms. The van der Waals surface area contributed by atoms with Crippen molar-refractivity contribution in [2.45, 2.75) is 32.9 Å². The number of nitrogens with one attached hydrogen (secondary N) is 1. The topological polar surface area (TPSA) is 84.5 Å². The highest BCUT2D eigenvalue weighted by molar-refractivity contribution is 5.96. The van der Waals surface area contributed by atoms with Crippen molar-refractivity contribution in [1.29, 1.82) is 0 Å². The van der Waals surface area contributed by atoms with Crippen molar-refractivity contribution in [3.05, 3.63) is 92.8 Å². The van der Waals surface area contributed by atoms with Crippen LogP contribution in [-0.4, -0.2) is 34.9 Å². The van der Waals surface area contributed by atoms with Crippen LogP contribution >= 0.6 is 0 Å². The molecule has 1 aromatic carbocycles. The SMILES string of the molecule is CNC(=O)c1c2c(cn(CCc3ccccc3)c1=O)CN(C(=O)c1occc1C)CC2. The van der Waals surface area contributed by atoms with Crippen LogP contribution in [0.2, 0.25) is 0 Å². The summed E-state index contributed by atoms with van der Waals surface area (Å²) in [7, 11) is 1.52. The number of pyridine rings is 1. The second-order valence-electron chi connectivity index (χ2n) is 7.73. The summed E-state index contributed by atoms with van der Waals surface area (Å²) in [5.41, 5.74) is 3.31. The van der Waals surface area contributed by atoms with E-state index in [0.717, 1.165) is 22.3 Å². The second kappa shape index (κ2) is 8.63. The first-order chi connectivity index (χ1) is 15.0. The molecule has 4 rings (SSSR count). The van der Waals surface area contributed by atoms with E-state index in [9.17, 15) is 14.4 Å². The predicted octanol–water partition coefficient (Wildman–Crippen LogP) is 2.55. The smallest absolute Gasteiger partial charge is 0.290 e. The molecular weight excluding hydrogens is 394 g/mol. The number of aromatic nitrogens is 1. The van der Waals surface area contributed by atoms with Gasteiger partial charge in [0, 0.05) is 38.4 Å². The lowest BCUT2D eigenvalue weighted by molar-refractivity contribution is 0.0700. The third-order valence-electron chi connectivity index (χ3n) is 5.75. The zero-order valence-corrected chi connectivity index (χ0v) is 17.7. The van der Waals surface area contributed by atoms with Crippen molar-refractivity contribution in [2.24, 2.45) is 0 Å². The zero-order chi connectivity index (χ0) is 22.0. The first-order valence-corrected chi connectivity index (χ1v) is 10.3. The Hall–Kier alpha value is -3.61. The summed E-state index contributed by atoms with van der Waals surface area (Å²) in [5, 5.41) is 2.59. The largest absolute Gasteiger partial charge is 0.459 e. The number of rotatable bonds is 5.